The van der Waals surface area contributed by atoms with Gasteiger partial charge in [0, 0.05) is 25.6 Å². The van der Waals surface area contributed by atoms with Gasteiger partial charge in [-0.15, -0.1) is 0 Å². The third-order valence-corrected chi connectivity index (χ3v) is 4.97. The van der Waals surface area contributed by atoms with E-state index in [4.69, 9.17) is 4.74 Å². The summed E-state index contributed by atoms with van der Waals surface area (Å²) in [4.78, 5) is 6.94. The normalized spacial score (nSPS) is 18.3. The first-order chi connectivity index (χ1) is 13.8. The van der Waals surface area contributed by atoms with Crippen LogP contribution in [0.5, 0.6) is 0 Å². The minimum absolute atomic E-state index is 0.282. The van der Waals surface area contributed by atoms with Crippen LogP contribution in [0.3, 0.4) is 0 Å². The summed E-state index contributed by atoms with van der Waals surface area (Å²) in [6.45, 7) is 5.94. The van der Waals surface area contributed by atoms with Crippen molar-refractivity contribution in [3.63, 3.8) is 0 Å². The number of aliphatic hydroxyl groups excluding tert-OH is 1. The quantitative estimate of drug-likeness (QED) is 0.545. The topological polar surface area (TPSA) is 57.1 Å². The number of hydrogen-bond acceptors (Lipinski definition) is 3. The fraction of sp³-hybridized carbons (Fsp3) is 0.435. The zero-order valence-corrected chi connectivity index (χ0v) is 16.6. The van der Waals surface area contributed by atoms with Crippen LogP contribution >= 0.6 is 0 Å². The Morgan fingerprint density at radius 1 is 1.18 bits per heavy atom. The van der Waals surface area contributed by atoms with Crippen LogP contribution in [-0.4, -0.2) is 54.9 Å². The van der Waals surface area contributed by atoms with Crippen LogP contribution in [0.2, 0.25) is 0 Å². The van der Waals surface area contributed by atoms with Crippen molar-refractivity contribution in [3.8, 4) is 0 Å². The summed E-state index contributed by atoms with van der Waals surface area (Å²) >= 11 is 0. The van der Waals surface area contributed by atoms with E-state index in [2.05, 4.69) is 52.5 Å². The number of aliphatic hydroxyl groups is 1. The number of rotatable bonds is 8. The minimum atomic E-state index is -0.607. The molecule has 150 valence electrons. The Hall–Kier alpha value is -2.37. The Kier molecular flexibility index (Phi) is 7.88. The summed E-state index contributed by atoms with van der Waals surface area (Å²) in [5.74, 6) is 1.41. The van der Waals surface area contributed by atoms with Gasteiger partial charge in [-0.25, -0.2) is 0 Å². The molecule has 1 aliphatic heterocycles. The molecular formula is C23H31N3O2. The van der Waals surface area contributed by atoms with Crippen molar-refractivity contribution in [3.05, 3.63) is 71.8 Å². The van der Waals surface area contributed by atoms with Crippen molar-refractivity contribution in [1.82, 2.24) is 10.2 Å². The van der Waals surface area contributed by atoms with E-state index in [9.17, 15) is 5.11 Å². The van der Waals surface area contributed by atoms with Gasteiger partial charge in [-0.1, -0.05) is 60.7 Å². The second-order valence-corrected chi connectivity index (χ2v) is 7.19. The Morgan fingerprint density at radius 3 is 2.61 bits per heavy atom. The molecule has 0 aliphatic carbocycles. The van der Waals surface area contributed by atoms with Gasteiger partial charge >= 0.3 is 0 Å². The first kappa shape index (κ1) is 20.4. The smallest absolute Gasteiger partial charge is 0.194 e. The number of hydrogen-bond donors (Lipinski definition) is 2. The lowest BCUT2D eigenvalue weighted by Gasteiger charge is -2.22. The van der Waals surface area contributed by atoms with Crippen LogP contribution in [0.15, 0.2) is 65.7 Å². The highest BCUT2D eigenvalue weighted by Gasteiger charge is 2.26. The largest absolute Gasteiger partial charge is 0.389 e. The SMILES string of the molecule is CCNC(=NCC(O)COCc1ccccc1)N1CCC(c2ccccc2)C1. The lowest BCUT2D eigenvalue weighted by Crippen LogP contribution is -2.40. The first-order valence-electron chi connectivity index (χ1n) is 10.1. The summed E-state index contributed by atoms with van der Waals surface area (Å²) in [5, 5.41) is 13.6. The summed E-state index contributed by atoms with van der Waals surface area (Å²) in [5.41, 5.74) is 2.49. The van der Waals surface area contributed by atoms with Crippen LogP contribution in [0.1, 0.15) is 30.4 Å². The molecular weight excluding hydrogens is 350 g/mol. The number of ether oxygens (including phenoxy) is 1. The van der Waals surface area contributed by atoms with Crippen molar-refractivity contribution >= 4 is 5.96 Å². The molecule has 3 rings (SSSR count). The van der Waals surface area contributed by atoms with Crippen LogP contribution in [0, 0.1) is 0 Å². The highest BCUT2D eigenvalue weighted by atomic mass is 16.5. The summed E-state index contributed by atoms with van der Waals surface area (Å²) in [6.07, 6.45) is 0.516. The molecule has 5 nitrogen and oxygen atoms in total. The zero-order chi connectivity index (χ0) is 19.6. The third-order valence-electron chi connectivity index (χ3n) is 4.97. The number of likely N-dealkylation sites (tertiary alicyclic amines) is 1. The van der Waals surface area contributed by atoms with Crippen molar-refractivity contribution in [2.75, 3.05) is 32.8 Å². The molecule has 1 aliphatic rings. The van der Waals surface area contributed by atoms with Crippen molar-refractivity contribution in [2.24, 2.45) is 4.99 Å². The monoisotopic (exact) mass is 381 g/mol. The molecule has 5 heteroatoms. The van der Waals surface area contributed by atoms with Gasteiger partial charge in [0.2, 0.25) is 0 Å². The van der Waals surface area contributed by atoms with Crippen LogP contribution in [0.4, 0.5) is 0 Å². The average molecular weight is 382 g/mol. The standard InChI is InChI=1S/C23H31N3O2/c1-2-24-23(26-14-13-21(16-26)20-11-7-4-8-12-20)25-15-22(27)18-28-17-19-9-5-3-6-10-19/h3-12,21-22,27H,2,13-18H2,1H3,(H,24,25). The second kappa shape index (κ2) is 10.8. The number of nitrogens with zero attached hydrogens (tertiary/aromatic N) is 2. The molecule has 0 radical (unpaired) electrons. The van der Waals surface area contributed by atoms with E-state index < -0.39 is 6.10 Å². The molecule has 1 fully saturated rings. The Labute approximate surface area is 168 Å². The van der Waals surface area contributed by atoms with Crippen molar-refractivity contribution in [1.29, 1.82) is 0 Å². The Bertz CT molecular complexity index is 721. The van der Waals surface area contributed by atoms with E-state index in [1.165, 1.54) is 5.56 Å². The van der Waals surface area contributed by atoms with E-state index in [-0.39, 0.29) is 6.61 Å². The van der Waals surface area contributed by atoms with Gasteiger partial charge in [0.05, 0.1) is 25.9 Å². The van der Waals surface area contributed by atoms with E-state index in [1.54, 1.807) is 0 Å². The Balaban J connectivity index is 1.48. The Morgan fingerprint density at radius 2 is 1.89 bits per heavy atom. The van der Waals surface area contributed by atoms with Crippen LogP contribution < -0.4 is 5.32 Å². The summed E-state index contributed by atoms with van der Waals surface area (Å²) in [6, 6.07) is 20.7. The predicted molar refractivity (Wildman–Crippen MR) is 113 cm³/mol. The maximum Gasteiger partial charge on any atom is 0.194 e. The van der Waals surface area contributed by atoms with Crippen LogP contribution in [0.25, 0.3) is 0 Å². The summed E-state index contributed by atoms with van der Waals surface area (Å²) in [7, 11) is 0. The molecule has 0 amide bonds. The van der Waals surface area contributed by atoms with E-state index in [0.717, 1.165) is 37.6 Å². The van der Waals surface area contributed by atoms with E-state index in [1.807, 2.05) is 30.3 Å². The van der Waals surface area contributed by atoms with E-state index >= 15 is 0 Å². The molecule has 0 bridgehead atoms. The highest BCUT2D eigenvalue weighted by molar-refractivity contribution is 5.80. The van der Waals surface area contributed by atoms with Gasteiger partial charge in [-0.05, 0) is 24.5 Å². The molecule has 1 heterocycles. The van der Waals surface area contributed by atoms with Gasteiger partial charge in [0.25, 0.3) is 0 Å². The van der Waals surface area contributed by atoms with Crippen molar-refractivity contribution < 1.29 is 9.84 Å². The molecule has 2 aromatic carbocycles. The minimum Gasteiger partial charge on any atom is -0.389 e. The van der Waals surface area contributed by atoms with E-state index in [0.29, 0.717) is 19.1 Å². The molecule has 0 saturated carbocycles. The molecule has 28 heavy (non-hydrogen) atoms. The maximum atomic E-state index is 10.2. The fourth-order valence-corrected chi connectivity index (χ4v) is 3.51. The number of guanidine groups is 1. The molecule has 2 aromatic rings. The van der Waals surface area contributed by atoms with Crippen LogP contribution in [-0.2, 0) is 11.3 Å². The fourth-order valence-electron chi connectivity index (χ4n) is 3.51. The van der Waals surface area contributed by atoms with Gasteiger partial charge in [-0.2, -0.15) is 0 Å². The zero-order valence-electron chi connectivity index (χ0n) is 16.6. The lowest BCUT2D eigenvalue weighted by atomic mass is 9.99. The number of nitrogens with one attached hydrogen (secondary N) is 1. The first-order valence-corrected chi connectivity index (χ1v) is 10.1. The second-order valence-electron chi connectivity index (χ2n) is 7.19. The van der Waals surface area contributed by atoms with Gasteiger partial charge in [0.15, 0.2) is 5.96 Å². The van der Waals surface area contributed by atoms with Gasteiger partial charge in [0.1, 0.15) is 0 Å². The third kappa shape index (κ3) is 6.08. The molecule has 2 unspecified atom stereocenters. The molecule has 1 saturated heterocycles. The number of benzene rings is 2. The highest BCUT2D eigenvalue weighted by Crippen LogP contribution is 2.26. The predicted octanol–water partition coefficient (Wildman–Crippen LogP) is 3.02. The molecule has 2 atom stereocenters. The number of aliphatic imine (C=N–C) groups is 1. The lowest BCUT2D eigenvalue weighted by molar-refractivity contribution is 0.0330. The molecule has 2 N–H and O–H groups in total. The van der Waals surface area contributed by atoms with Crippen molar-refractivity contribution in [2.45, 2.75) is 32.0 Å². The molecule has 0 spiro atoms. The van der Waals surface area contributed by atoms with Gasteiger partial charge < -0.3 is 20.1 Å². The molecule has 0 aromatic heterocycles. The average Bonchev–Trinajstić information content (AvgIpc) is 3.23. The summed E-state index contributed by atoms with van der Waals surface area (Å²) < 4.78 is 5.62. The van der Waals surface area contributed by atoms with Gasteiger partial charge in [-0.3, -0.25) is 4.99 Å². The maximum absolute atomic E-state index is 10.2.